The van der Waals surface area contributed by atoms with E-state index in [1.807, 2.05) is 12.2 Å². The van der Waals surface area contributed by atoms with Crippen LogP contribution in [0.1, 0.15) is 143 Å². The monoisotopic (exact) mass is 979 g/mol. The van der Waals surface area contributed by atoms with Crippen molar-refractivity contribution in [3.8, 4) is 0 Å². The second-order valence-electron chi connectivity index (χ2n) is 16.7. The standard InChI is InChI=1S/C44H75N3O17P2/c1-4-5-6-7-8-9-10-11-12-13-17-20-24-35(48)36(49)25-22-27-39(50)59-30-34(62-40(51)26-21-18-15-14-16-19-23-33(2)3)31-60-65(55,56)64-66(57,58)61-32-37-41(52)42(53)43(63-37)47-29-28-38(45)46-44(47)54/h8-9,11-12,17,20,28-29,33-37,41-43,48-49,52-53H,4-7,10,13-16,18-19,21-27,30-32H2,1-3H3,(H,55,56)(H,57,58)(H2,45,46,54)/b9-8-,12-11-,20-17-/t34-,35?,36?,37-,41-,42-,43-/m1/s1. The number of aromatic nitrogens is 2. The molecule has 1 aliphatic rings. The zero-order valence-corrected chi connectivity index (χ0v) is 40.4. The Morgan fingerprint density at radius 3 is 2.14 bits per heavy atom. The molecule has 1 aliphatic heterocycles. The molecule has 0 amide bonds. The van der Waals surface area contributed by atoms with E-state index in [0.717, 1.165) is 62.1 Å². The van der Waals surface area contributed by atoms with E-state index < -0.39 is 95.9 Å². The summed E-state index contributed by atoms with van der Waals surface area (Å²) in [5.41, 5.74) is 4.55. The van der Waals surface area contributed by atoms with Gasteiger partial charge in [-0.05, 0) is 63.4 Å². The Kier molecular flexibility index (Phi) is 29.2. The molecule has 0 radical (unpaired) electrons. The number of phosphoric ester groups is 2. The summed E-state index contributed by atoms with van der Waals surface area (Å²) in [5, 5.41) is 41.6. The minimum absolute atomic E-state index is 0.0134. The average Bonchev–Trinajstić information content (AvgIpc) is 3.53. The second-order valence-corrected chi connectivity index (χ2v) is 19.7. The number of hydrogen-bond acceptors (Lipinski definition) is 17. The number of nitrogens with two attached hydrogens (primary N) is 1. The van der Waals surface area contributed by atoms with Crippen LogP contribution in [0.25, 0.3) is 0 Å². The zero-order valence-electron chi connectivity index (χ0n) is 38.6. The van der Waals surface area contributed by atoms with Gasteiger partial charge >= 0.3 is 33.3 Å². The third kappa shape index (κ3) is 25.9. The summed E-state index contributed by atoms with van der Waals surface area (Å²) >= 11 is 0. The quantitative estimate of drug-likeness (QED) is 0.0169. The lowest BCUT2D eigenvalue weighted by Gasteiger charge is -2.21. The van der Waals surface area contributed by atoms with Gasteiger partial charge in [0.1, 0.15) is 30.7 Å². The van der Waals surface area contributed by atoms with Gasteiger partial charge in [-0.1, -0.05) is 109 Å². The molecule has 4 unspecified atom stereocenters. The van der Waals surface area contributed by atoms with Crippen LogP contribution in [0.2, 0.25) is 0 Å². The number of aliphatic hydroxyl groups excluding tert-OH is 4. The van der Waals surface area contributed by atoms with Crippen LogP contribution >= 0.6 is 15.6 Å². The molecule has 0 aliphatic carbocycles. The molecule has 2 rings (SSSR count). The lowest BCUT2D eigenvalue weighted by molar-refractivity contribution is -0.161. The van der Waals surface area contributed by atoms with Crippen molar-refractivity contribution in [3.05, 3.63) is 59.2 Å². The molecule has 1 saturated heterocycles. The van der Waals surface area contributed by atoms with Crippen molar-refractivity contribution in [3.63, 3.8) is 0 Å². The molecular formula is C44H75N3O17P2. The van der Waals surface area contributed by atoms with E-state index >= 15 is 0 Å². The summed E-state index contributed by atoms with van der Waals surface area (Å²) in [6.45, 7) is 3.97. The molecule has 20 nitrogen and oxygen atoms in total. The summed E-state index contributed by atoms with van der Waals surface area (Å²) in [6, 6.07) is 1.23. The highest BCUT2D eigenvalue weighted by Crippen LogP contribution is 2.60. The summed E-state index contributed by atoms with van der Waals surface area (Å²) < 4.78 is 56.3. The van der Waals surface area contributed by atoms with Gasteiger partial charge in [0.15, 0.2) is 12.3 Å². The summed E-state index contributed by atoms with van der Waals surface area (Å²) in [7, 11) is -10.9. The predicted molar refractivity (Wildman–Crippen MR) is 245 cm³/mol. The molecule has 9 atom stereocenters. The Hall–Kier alpha value is -3.10. The van der Waals surface area contributed by atoms with Crippen molar-refractivity contribution in [2.75, 3.05) is 25.6 Å². The minimum atomic E-state index is -5.48. The molecule has 1 aromatic rings. The third-order valence-corrected chi connectivity index (χ3v) is 13.0. The number of hydrogen-bond donors (Lipinski definition) is 7. The van der Waals surface area contributed by atoms with E-state index in [4.69, 9.17) is 29.0 Å². The Morgan fingerprint density at radius 1 is 0.818 bits per heavy atom. The topological polar surface area (TPSA) is 306 Å². The van der Waals surface area contributed by atoms with Gasteiger partial charge in [-0.15, -0.1) is 0 Å². The van der Waals surface area contributed by atoms with Crippen LogP contribution in [-0.4, -0.2) is 108 Å². The highest BCUT2D eigenvalue weighted by Gasteiger charge is 2.46. The smallest absolute Gasteiger partial charge is 0.462 e. The molecule has 0 aromatic carbocycles. The number of rotatable bonds is 36. The molecule has 1 fully saturated rings. The van der Waals surface area contributed by atoms with Crippen molar-refractivity contribution in [1.29, 1.82) is 0 Å². The van der Waals surface area contributed by atoms with E-state index in [1.165, 1.54) is 25.3 Å². The lowest BCUT2D eigenvalue weighted by atomic mass is 10.0. The van der Waals surface area contributed by atoms with Crippen molar-refractivity contribution < 1.29 is 76.5 Å². The van der Waals surface area contributed by atoms with Gasteiger partial charge in [-0.2, -0.15) is 9.29 Å². The number of anilines is 1. The van der Waals surface area contributed by atoms with Crippen molar-refractivity contribution >= 4 is 33.4 Å². The Labute approximate surface area is 388 Å². The van der Waals surface area contributed by atoms with Gasteiger partial charge in [0.05, 0.1) is 25.4 Å². The highest BCUT2D eigenvalue weighted by atomic mass is 31.3. The average molecular weight is 980 g/mol. The largest absolute Gasteiger partial charge is 0.481 e. The van der Waals surface area contributed by atoms with E-state index in [1.54, 1.807) is 6.08 Å². The van der Waals surface area contributed by atoms with Crippen LogP contribution in [0.5, 0.6) is 0 Å². The van der Waals surface area contributed by atoms with Crippen LogP contribution in [0.3, 0.4) is 0 Å². The van der Waals surface area contributed by atoms with Gasteiger partial charge < -0.3 is 50.2 Å². The van der Waals surface area contributed by atoms with E-state index in [-0.39, 0.29) is 37.9 Å². The molecule has 22 heteroatoms. The molecule has 8 N–H and O–H groups in total. The summed E-state index contributed by atoms with van der Waals surface area (Å²) in [5.74, 6) is -0.969. The van der Waals surface area contributed by atoms with Gasteiger partial charge in [0, 0.05) is 19.0 Å². The summed E-state index contributed by atoms with van der Waals surface area (Å²) in [4.78, 5) is 61.6. The number of nitrogen functional groups attached to an aromatic ring is 1. The van der Waals surface area contributed by atoms with Gasteiger partial charge in [0.2, 0.25) is 0 Å². The van der Waals surface area contributed by atoms with Crippen molar-refractivity contribution in [2.24, 2.45) is 5.92 Å². The number of unbranched alkanes of at least 4 members (excludes halogenated alkanes) is 8. The molecule has 378 valence electrons. The molecule has 0 saturated carbocycles. The number of nitrogens with zero attached hydrogens (tertiary/aromatic N) is 2. The summed E-state index contributed by atoms with van der Waals surface area (Å²) in [6.07, 6.45) is 16.1. The minimum Gasteiger partial charge on any atom is -0.462 e. The first-order valence-corrected chi connectivity index (χ1v) is 26.0. The number of allylic oxidation sites excluding steroid dienone is 5. The molecule has 0 bridgehead atoms. The van der Waals surface area contributed by atoms with Crippen LogP contribution in [-0.2, 0) is 46.3 Å². The van der Waals surface area contributed by atoms with Gasteiger partial charge in [0.25, 0.3) is 0 Å². The fourth-order valence-corrected chi connectivity index (χ4v) is 8.71. The number of ether oxygens (including phenoxy) is 3. The maximum absolute atomic E-state index is 12.8. The Balaban J connectivity index is 1.88. The first-order chi connectivity index (χ1) is 31.3. The maximum atomic E-state index is 12.8. The molecule has 1 aromatic heterocycles. The molecule has 66 heavy (non-hydrogen) atoms. The number of carbonyl (C=O) groups excluding carboxylic acids is 2. The number of phosphoric acid groups is 2. The van der Waals surface area contributed by atoms with Crippen LogP contribution < -0.4 is 11.4 Å². The molecular weight excluding hydrogens is 904 g/mol. The SMILES string of the molecule is CCCCC/C=C\C/C=C\C/C=C\CC(O)C(O)CCCC(=O)OC[C@H](COP(=O)(O)OP(=O)(O)OC[C@H]1O[C@@H](n2ccc(N)nc2=O)[C@H](O)[C@@H]1O)OC(=O)CCCCCCCCC(C)C. The fourth-order valence-electron chi connectivity index (χ4n) is 6.60. The van der Waals surface area contributed by atoms with Crippen LogP contribution in [0.4, 0.5) is 5.82 Å². The zero-order chi connectivity index (χ0) is 49.0. The molecule has 2 heterocycles. The van der Waals surface area contributed by atoms with E-state index in [0.29, 0.717) is 18.8 Å². The first-order valence-electron chi connectivity index (χ1n) is 23.0. The fraction of sp³-hybridized carbons (Fsp3) is 0.727. The number of carbonyl (C=O) groups is 2. The Morgan fingerprint density at radius 2 is 1.45 bits per heavy atom. The first kappa shape index (κ1) is 59.0. The van der Waals surface area contributed by atoms with Crippen molar-refractivity contribution in [1.82, 2.24) is 9.55 Å². The number of esters is 2. The Bertz CT molecular complexity index is 1790. The highest BCUT2D eigenvalue weighted by molar-refractivity contribution is 7.61. The number of aliphatic hydroxyl groups is 4. The van der Waals surface area contributed by atoms with E-state index in [9.17, 15) is 53.7 Å². The van der Waals surface area contributed by atoms with Gasteiger partial charge in [-0.3, -0.25) is 23.2 Å². The predicted octanol–water partition coefficient (Wildman–Crippen LogP) is 6.24. The van der Waals surface area contributed by atoms with E-state index in [2.05, 4.69) is 48.3 Å². The second kappa shape index (κ2) is 32.6. The van der Waals surface area contributed by atoms with Crippen molar-refractivity contribution in [2.45, 2.75) is 179 Å². The normalized spacial score (nSPS) is 21.1. The van der Waals surface area contributed by atoms with Crippen LogP contribution in [0, 0.1) is 5.92 Å². The van der Waals surface area contributed by atoms with Crippen LogP contribution in [0.15, 0.2) is 53.5 Å². The maximum Gasteiger partial charge on any atom is 0.481 e. The third-order valence-electron chi connectivity index (χ3n) is 10.4. The molecule has 0 spiro atoms. The lowest BCUT2D eigenvalue weighted by Crippen LogP contribution is -2.36. The van der Waals surface area contributed by atoms with Gasteiger partial charge in [-0.25, -0.2) is 13.9 Å².